The van der Waals surface area contributed by atoms with E-state index in [1.165, 1.54) is 12.8 Å². The predicted octanol–water partition coefficient (Wildman–Crippen LogP) is 0.765. The van der Waals surface area contributed by atoms with Gasteiger partial charge >= 0.3 is 0 Å². The summed E-state index contributed by atoms with van der Waals surface area (Å²) in [5.74, 6) is 0.646. The summed E-state index contributed by atoms with van der Waals surface area (Å²) < 4.78 is 0. The van der Waals surface area contributed by atoms with Gasteiger partial charge in [0.05, 0.1) is 0 Å². The molecule has 2 fully saturated rings. The van der Waals surface area contributed by atoms with Crippen molar-refractivity contribution in [1.82, 2.24) is 4.90 Å². The standard InChI is InChI=1S/C10H19NO2/c1-2-11-9(12)7-5-3-4-6-8(7)10(11)13/h7-10,12-13H,2-6H2,1H3. The molecule has 4 unspecified atom stereocenters. The Hall–Kier alpha value is -0.120. The molecule has 76 valence electrons. The molecule has 1 aliphatic heterocycles. The van der Waals surface area contributed by atoms with Crippen LogP contribution >= 0.6 is 0 Å². The molecule has 0 bridgehead atoms. The maximum Gasteiger partial charge on any atom is 0.112 e. The summed E-state index contributed by atoms with van der Waals surface area (Å²) in [4.78, 5) is 1.82. The lowest BCUT2D eigenvalue weighted by Crippen LogP contribution is -2.37. The second-order valence-corrected chi connectivity index (χ2v) is 4.27. The highest BCUT2D eigenvalue weighted by Gasteiger charge is 2.47. The van der Waals surface area contributed by atoms with Gasteiger partial charge in [0, 0.05) is 18.4 Å². The van der Waals surface area contributed by atoms with E-state index in [0.717, 1.165) is 19.4 Å². The van der Waals surface area contributed by atoms with Crippen molar-refractivity contribution in [3.05, 3.63) is 0 Å². The fourth-order valence-corrected chi connectivity index (χ4v) is 2.95. The van der Waals surface area contributed by atoms with E-state index in [2.05, 4.69) is 0 Å². The number of hydrogen-bond donors (Lipinski definition) is 2. The summed E-state index contributed by atoms with van der Waals surface area (Å²) >= 11 is 0. The molecular weight excluding hydrogens is 166 g/mol. The van der Waals surface area contributed by atoms with Gasteiger partial charge in [0.1, 0.15) is 12.5 Å². The van der Waals surface area contributed by atoms with Crippen molar-refractivity contribution in [3.8, 4) is 0 Å². The molecule has 0 spiro atoms. The van der Waals surface area contributed by atoms with Crippen LogP contribution in [-0.4, -0.2) is 34.1 Å². The van der Waals surface area contributed by atoms with Crippen LogP contribution in [0.25, 0.3) is 0 Å². The normalized spacial score (nSPS) is 46.4. The molecule has 2 N–H and O–H groups in total. The lowest BCUT2D eigenvalue weighted by Gasteiger charge is -2.26. The van der Waals surface area contributed by atoms with Crippen LogP contribution in [0.1, 0.15) is 32.6 Å². The predicted molar refractivity (Wildman–Crippen MR) is 49.8 cm³/mol. The smallest absolute Gasteiger partial charge is 0.112 e. The summed E-state index contributed by atoms with van der Waals surface area (Å²) in [6.07, 6.45) is 3.79. The summed E-state index contributed by atoms with van der Waals surface area (Å²) in [7, 11) is 0. The van der Waals surface area contributed by atoms with Crippen LogP contribution in [0.2, 0.25) is 0 Å². The Bertz CT molecular complexity index is 168. The third-order valence-electron chi connectivity index (χ3n) is 3.69. The first kappa shape index (κ1) is 9.44. The molecule has 4 atom stereocenters. The van der Waals surface area contributed by atoms with Crippen molar-refractivity contribution >= 4 is 0 Å². The average Bonchev–Trinajstić information content (AvgIpc) is 2.41. The Morgan fingerprint density at radius 1 is 1.08 bits per heavy atom. The van der Waals surface area contributed by atoms with Crippen molar-refractivity contribution in [2.75, 3.05) is 6.54 Å². The van der Waals surface area contributed by atoms with Crippen molar-refractivity contribution in [2.45, 2.75) is 45.1 Å². The van der Waals surface area contributed by atoms with Gasteiger partial charge in [0.25, 0.3) is 0 Å². The second kappa shape index (κ2) is 3.56. The molecule has 0 amide bonds. The highest BCUT2D eigenvalue weighted by molar-refractivity contribution is 4.92. The lowest BCUT2D eigenvalue weighted by molar-refractivity contribution is -0.0626. The van der Waals surface area contributed by atoms with Crippen LogP contribution < -0.4 is 0 Å². The number of likely N-dealkylation sites (tertiary alicyclic amines) is 1. The maximum atomic E-state index is 9.92. The molecule has 0 aromatic carbocycles. The molecule has 0 aromatic heterocycles. The van der Waals surface area contributed by atoms with Crippen LogP contribution in [0.15, 0.2) is 0 Å². The van der Waals surface area contributed by atoms with Gasteiger partial charge < -0.3 is 10.2 Å². The molecule has 3 nitrogen and oxygen atoms in total. The zero-order valence-corrected chi connectivity index (χ0v) is 8.19. The molecule has 1 heterocycles. The summed E-state index contributed by atoms with van der Waals surface area (Å²) in [5, 5.41) is 19.8. The SMILES string of the molecule is CCN1C(O)C2CCCCC2C1O. The minimum absolute atomic E-state index is 0.323. The average molecular weight is 185 g/mol. The fourth-order valence-electron chi connectivity index (χ4n) is 2.95. The van der Waals surface area contributed by atoms with E-state index in [1.807, 2.05) is 11.8 Å². The number of rotatable bonds is 1. The molecule has 0 radical (unpaired) electrons. The highest BCUT2D eigenvalue weighted by atomic mass is 16.3. The third kappa shape index (κ3) is 1.39. The molecule has 1 aliphatic carbocycles. The topological polar surface area (TPSA) is 43.7 Å². The van der Waals surface area contributed by atoms with Crippen LogP contribution in [-0.2, 0) is 0 Å². The number of fused-ring (bicyclic) bond motifs is 1. The largest absolute Gasteiger partial charge is 0.378 e. The molecule has 1 saturated heterocycles. The van der Waals surface area contributed by atoms with Gasteiger partial charge in [-0.3, -0.25) is 4.90 Å². The van der Waals surface area contributed by atoms with E-state index < -0.39 is 12.5 Å². The van der Waals surface area contributed by atoms with Gasteiger partial charge in [-0.05, 0) is 12.8 Å². The molecule has 2 rings (SSSR count). The number of hydrogen-bond acceptors (Lipinski definition) is 3. The Balaban J connectivity index is 2.12. The van der Waals surface area contributed by atoms with Crippen LogP contribution in [0.3, 0.4) is 0 Å². The van der Waals surface area contributed by atoms with E-state index in [1.54, 1.807) is 0 Å². The Morgan fingerprint density at radius 2 is 1.54 bits per heavy atom. The minimum Gasteiger partial charge on any atom is -0.378 e. The van der Waals surface area contributed by atoms with Crippen molar-refractivity contribution in [1.29, 1.82) is 0 Å². The second-order valence-electron chi connectivity index (χ2n) is 4.27. The molecule has 3 heteroatoms. The Kier molecular flexibility index (Phi) is 2.58. The number of aliphatic hydroxyl groups excluding tert-OH is 2. The van der Waals surface area contributed by atoms with Gasteiger partial charge in [0.2, 0.25) is 0 Å². The monoisotopic (exact) mass is 185 g/mol. The molecule has 2 aliphatic rings. The third-order valence-corrected chi connectivity index (χ3v) is 3.69. The van der Waals surface area contributed by atoms with Crippen molar-refractivity contribution in [3.63, 3.8) is 0 Å². The highest BCUT2D eigenvalue weighted by Crippen LogP contribution is 2.42. The van der Waals surface area contributed by atoms with E-state index in [0.29, 0.717) is 11.8 Å². The van der Waals surface area contributed by atoms with Gasteiger partial charge in [-0.2, -0.15) is 0 Å². The molecular formula is C10H19NO2. The van der Waals surface area contributed by atoms with Gasteiger partial charge in [-0.1, -0.05) is 19.8 Å². The molecule has 0 aromatic rings. The quantitative estimate of drug-likeness (QED) is 0.634. The first-order valence-corrected chi connectivity index (χ1v) is 5.37. The van der Waals surface area contributed by atoms with Crippen LogP contribution in [0.5, 0.6) is 0 Å². The van der Waals surface area contributed by atoms with Gasteiger partial charge in [0.15, 0.2) is 0 Å². The first-order valence-electron chi connectivity index (χ1n) is 5.37. The summed E-state index contributed by atoms with van der Waals surface area (Å²) in [6, 6.07) is 0. The van der Waals surface area contributed by atoms with Gasteiger partial charge in [-0.25, -0.2) is 0 Å². The van der Waals surface area contributed by atoms with Crippen molar-refractivity contribution < 1.29 is 10.2 Å². The van der Waals surface area contributed by atoms with E-state index in [9.17, 15) is 10.2 Å². The molecule has 1 saturated carbocycles. The maximum absolute atomic E-state index is 9.92. The zero-order valence-electron chi connectivity index (χ0n) is 8.19. The number of nitrogens with zero attached hydrogens (tertiary/aromatic N) is 1. The van der Waals surface area contributed by atoms with Crippen LogP contribution in [0, 0.1) is 11.8 Å². The van der Waals surface area contributed by atoms with Crippen LogP contribution in [0.4, 0.5) is 0 Å². The van der Waals surface area contributed by atoms with E-state index in [4.69, 9.17) is 0 Å². The van der Waals surface area contributed by atoms with E-state index in [-0.39, 0.29) is 0 Å². The summed E-state index contributed by atoms with van der Waals surface area (Å²) in [6.45, 7) is 2.74. The lowest BCUT2D eigenvalue weighted by atomic mass is 9.80. The molecule has 13 heavy (non-hydrogen) atoms. The number of aliphatic hydroxyl groups is 2. The first-order chi connectivity index (χ1) is 6.25. The zero-order chi connectivity index (χ0) is 9.42. The van der Waals surface area contributed by atoms with Crippen molar-refractivity contribution in [2.24, 2.45) is 11.8 Å². The Labute approximate surface area is 79.4 Å². The van der Waals surface area contributed by atoms with E-state index >= 15 is 0 Å². The Morgan fingerprint density at radius 3 is 1.92 bits per heavy atom. The fraction of sp³-hybridized carbons (Fsp3) is 1.00. The van der Waals surface area contributed by atoms with Gasteiger partial charge in [-0.15, -0.1) is 0 Å². The summed E-state index contributed by atoms with van der Waals surface area (Å²) in [5.41, 5.74) is 0. The minimum atomic E-state index is -0.398.